The second-order valence-electron chi connectivity index (χ2n) is 6.61. The molecule has 32 heavy (non-hydrogen) atoms. The zero-order chi connectivity index (χ0) is 24.8. The van der Waals surface area contributed by atoms with Crippen molar-refractivity contribution in [3.63, 3.8) is 0 Å². The molecule has 19 heteroatoms. The first-order valence-corrected chi connectivity index (χ1v) is 11.4. The molecule has 0 aromatic carbocycles. The van der Waals surface area contributed by atoms with Crippen LogP contribution in [-0.4, -0.2) is 103 Å². The van der Waals surface area contributed by atoms with Gasteiger partial charge in [-0.15, -0.1) is 0 Å². The van der Waals surface area contributed by atoms with Crippen LogP contribution < -0.4 is 0 Å². The van der Waals surface area contributed by atoms with Gasteiger partial charge in [0.1, 0.15) is 6.04 Å². The molecular formula is C13H15N3O14S2. The highest BCUT2D eigenvalue weighted by atomic mass is 32.2. The summed E-state index contributed by atoms with van der Waals surface area (Å²) in [6, 6.07) is -2.34. The fourth-order valence-electron chi connectivity index (χ4n) is 3.05. The first-order chi connectivity index (χ1) is 14.5. The Kier molecular flexibility index (Phi) is 6.71. The van der Waals surface area contributed by atoms with Crippen LogP contribution in [0.5, 0.6) is 0 Å². The van der Waals surface area contributed by atoms with E-state index in [9.17, 15) is 50.7 Å². The fraction of sp³-hybridized carbons (Fsp3) is 0.538. The van der Waals surface area contributed by atoms with Gasteiger partial charge in [-0.25, -0.2) is 0 Å². The third kappa shape index (κ3) is 4.75. The molecule has 3 atom stereocenters. The lowest BCUT2D eigenvalue weighted by atomic mass is 10.1. The predicted molar refractivity (Wildman–Crippen MR) is 93.7 cm³/mol. The summed E-state index contributed by atoms with van der Waals surface area (Å²) >= 11 is 0. The smallest absolute Gasteiger partial charge is 0.324 e. The average molecular weight is 501 g/mol. The summed E-state index contributed by atoms with van der Waals surface area (Å²) in [5.74, 6) is -10.1. The van der Waals surface area contributed by atoms with Crippen LogP contribution in [0.1, 0.15) is 25.7 Å². The van der Waals surface area contributed by atoms with Crippen molar-refractivity contribution >= 4 is 55.8 Å². The van der Waals surface area contributed by atoms with Gasteiger partial charge in [-0.2, -0.15) is 26.9 Å². The van der Waals surface area contributed by atoms with Crippen molar-refractivity contribution in [3.05, 3.63) is 0 Å². The summed E-state index contributed by atoms with van der Waals surface area (Å²) in [5, 5.41) is 12.8. The standard InChI is InChI=1S/C13H15N3O14S2/c17-8-3-6(31(25,26)27)11(21)14(8)16(5(13(23)24)1-2-10(19)20)15-9(18)4-7(12(15)22)32(28,29)30/h5-7H,1-4H2,(H,19,20)(H,23,24)(H,25,26,27)(H,28,29,30)/t5-,6?,7?/m0/s1. The fourth-order valence-corrected chi connectivity index (χ4v) is 4.46. The molecule has 0 spiro atoms. The molecular weight excluding hydrogens is 486 g/mol. The number of hydrogen-bond acceptors (Lipinski definition) is 11. The topological polar surface area (TPSA) is 261 Å². The molecule has 2 aliphatic rings. The molecule has 0 aromatic rings. The zero-order valence-corrected chi connectivity index (χ0v) is 17.2. The lowest BCUT2D eigenvalue weighted by Gasteiger charge is -2.38. The van der Waals surface area contributed by atoms with Crippen LogP contribution in [-0.2, 0) is 49.0 Å². The number of carboxylic acids is 2. The molecule has 2 rings (SSSR count). The van der Waals surface area contributed by atoms with Crippen LogP contribution in [0.4, 0.5) is 0 Å². The number of hydrogen-bond donors (Lipinski definition) is 4. The number of hydrazine groups is 2. The normalized spacial score (nSPS) is 23.3. The van der Waals surface area contributed by atoms with Crippen LogP contribution in [0.15, 0.2) is 0 Å². The average Bonchev–Trinajstić information content (AvgIpc) is 3.07. The molecule has 2 unspecified atom stereocenters. The SMILES string of the molecule is O=C(O)CC[C@@H](C(=O)O)N(N1C(=O)CC(S(=O)(=O)O)C1=O)N1C(=O)CC(S(=O)(=O)O)C1=O. The number of rotatable bonds is 9. The maximum Gasteiger partial charge on any atom is 0.324 e. The Morgan fingerprint density at radius 2 is 1.25 bits per heavy atom. The molecule has 0 radical (unpaired) electrons. The third-order valence-electron chi connectivity index (χ3n) is 4.49. The van der Waals surface area contributed by atoms with E-state index in [-0.39, 0.29) is 15.1 Å². The largest absolute Gasteiger partial charge is 0.481 e. The highest BCUT2D eigenvalue weighted by molar-refractivity contribution is 7.87. The van der Waals surface area contributed by atoms with Crippen LogP contribution in [0, 0.1) is 0 Å². The van der Waals surface area contributed by atoms with Crippen molar-refractivity contribution in [1.29, 1.82) is 0 Å². The summed E-state index contributed by atoms with van der Waals surface area (Å²) in [6.07, 6.45) is -4.34. The maximum absolute atomic E-state index is 12.5. The summed E-state index contributed by atoms with van der Waals surface area (Å²) in [7, 11) is -10.4. The predicted octanol–water partition coefficient (Wildman–Crippen LogP) is -3.53. The third-order valence-corrected chi connectivity index (χ3v) is 6.66. The Bertz CT molecular complexity index is 1040. The van der Waals surface area contributed by atoms with E-state index in [2.05, 4.69) is 0 Å². The second kappa shape index (κ2) is 8.50. The van der Waals surface area contributed by atoms with Gasteiger partial charge in [-0.3, -0.25) is 37.9 Å². The Labute approximate surface area is 178 Å². The van der Waals surface area contributed by atoms with E-state index >= 15 is 0 Å². The van der Waals surface area contributed by atoms with Crippen LogP contribution in [0.25, 0.3) is 0 Å². The van der Waals surface area contributed by atoms with Crippen LogP contribution in [0.2, 0.25) is 0 Å². The summed E-state index contributed by atoms with van der Waals surface area (Å²) in [4.78, 5) is 72.4. The molecule has 4 amide bonds. The van der Waals surface area contributed by atoms with E-state index < -0.39 is 98.0 Å². The van der Waals surface area contributed by atoms with Gasteiger partial charge < -0.3 is 10.2 Å². The number of carboxylic acid groups (broad SMARTS) is 2. The zero-order valence-electron chi connectivity index (χ0n) is 15.6. The molecule has 2 aliphatic heterocycles. The van der Waals surface area contributed by atoms with Crippen LogP contribution in [0.3, 0.4) is 0 Å². The molecule has 4 N–H and O–H groups in total. The molecule has 17 nitrogen and oxygen atoms in total. The van der Waals surface area contributed by atoms with Gasteiger partial charge in [0.05, 0.1) is 12.8 Å². The minimum absolute atomic E-state index is 0.156. The molecule has 0 aliphatic carbocycles. The monoisotopic (exact) mass is 501 g/mol. The number of aliphatic carboxylic acids is 2. The maximum atomic E-state index is 12.5. The van der Waals surface area contributed by atoms with E-state index in [1.807, 2.05) is 0 Å². The quantitative estimate of drug-likeness (QED) is 0.176. The minimum atomic E-state index is -5.21. The highest BCUT2D eigenvalue weighted by Crippen LogP contribution is 2.30. The lowest BCUT2D eigenvalue weighted by molar-refractivity contribution is -0.211. The number of carbonyl (C=O) groups excluding carboxylic acids is 4. The van der Waals surface area contributed by atoms with E-state index in [4.69, 9.17) is 14.2 Å². The molecule has 0 saturated carbocycles. The van der Waals surface area contributed by atoms with Crippen molar-refractivity contribution in [2.75, 3.05) is 0 Å². The minimum Gasteiger partial charge on any atom is -0.481 e. The number of amides is 4. The first kappa shape index (κ1) is 25.3. The molecule has 0 bridgehead atoms. The van der Waals surface area contributed by atoms with Crippen LogP contribution >= 0.6 is 0 Å². The van der Waals surface area contributed by atoms with Crippen molar-refractivity contribution in [3.8, 4) is 0 Å². The Balaban J connectivity index is 2.65. The van der Waals surface area contributed by atoms with Gasteiger partial charge in [-0.1, -0.05) is 5.12 Å². The van der Waals surface area contributed by atoms with E-state index in [0.717, 1.165) is 0 Å². The summed E-state index contributed by atoms with van der Waals surface area (Å²) in [5.41, 5.74) is 0. The lowest BCUT2D eigenvalue weighted by Crippen LogP contribution is -2.64. The molecule has 2 heterocycles. The Hall–Kier alpha value is -3.00. The van der Waals surface area contributed by atoms with Gasteiger partial charge in [0.2, 0.25) is 11.8 Å². The van der Waals surface area contributed by atoms with Crippen molar-refractivity contribution in [1.82, 2.24) is 15.1 Å². The molecule has 0 aromatic heterocycles. The molecule has 2 fully saturated rings. The number of carbonyl (C=O) groups is 6. The molecule has 2 saturated heterocycles. The van der Waals surface area contributed by atoms with E-state index in [1.165, 1.54) is 0 Å². The van der Waals surface area contributed by atoms with Gasteiger partial charge >= 0.3 is 11.9 Å². The second-order valence-corrected chi connectivity index (χ2v) is 9.81. The van der Waals surface area contributed by atoms with Gasteiger partial charge in [0, 0.05) is 6.42 Å². The summed E-state index contributed by atoms with van der Waals surface area (Å²) < 4.78 is 63.9. The highest BCUT2D eigenvalue weighted by Gasteiger charge is 2.57. The number of nitrogens with zero attached hydrogens (tertiary/aromatic N) is 3. The van der Waals surface area contributed by atoms with Crippen molar-refractivity contribution in [2.45, 2.75) is 42.2 Å². The van der Waals surface area contributed by atoms with Crippen molar-refractivity contribution < 1.29 is 64.9 Å². The number of imide groups is 2. The Morgan fingerprint density at radius 1 is 0.875 bits per heavy atom. The van der Waals surface area contributed by atoms with Gasteiger partial charge in [-0.05, 0) is 6.42 Å². The summed E-state index contributed by atoms with van der Waals surface area (Å²) in [6.45, 7) is 0. The first-order valence-electron chi connectivity index (χ1n) is 8.38. The van der Waals surface area contributed by atoms with E-state index in [1.54, 1.807) is 0 Å². The van der Waals surface area contributed by atoms with Gasteiger partial charge in [0.25, 0.3) is 32.1 Å². The van der Waals surface area contributed by atoms with Gasteiger partial charge in [0.15, 0.2) is 10.5 Å². The van der Waals surface area contributed by atoms with E-state index in [0.29, 0.717) is 0 Å². The molecule has 178 valence electrons. The Morgan fingerprint density at radius 3 is 1.50 bits per heavy atom. The van der Waals surface area contributed by atoms with Crippen molar-refractivity contribution in [2.24, 2.45) is 0 Å².